The summed E-state index contributed by atoms with van der Waals surface area (Å²) in [7, 11) is 0. The standard InChI is InChI=1S/C24H17Cl2N5O4/c25-17-7-6-16(20(26)13-17)12-21-24(33)30(23(29-21)15-4-2-1-3-5-15)27-14-22(32)28-18-8-10-19(11-9-18)31(34)35/h1-13,27H,14H2,(H,28,32)/b21-12-. The van der Waals surface area contributed by atoms with Crippen LogP contribution >= 0.6 is 23.2 Å². The number of nitro groups is 1. The lowest BCUT2D eigenvalue weighted by Gasteiger charge is -2.19. The Kier molecular flexibility index (Phi) is 7.21. The number of nitro benzene ring substituents is 1. The Balaban J connectivity index is 1.53. The summed E-state index contributed by atoms with van der Waals surface area (Å²) in [6, 6.07) is 19.3. The highest BCUT2D eigenvalue weighted by atomic mass is 35.5. The second kappa shape index (κ2) is 10.5. The van der Waals surface area contributed by atoms with E-state index in [1.807, 2.05) is 6.07 Å². The minimum atomic E-state index is -0.529. The van der Waals surface area contributed by atoms with Crippen LogP contribution in [0.4, 0.5) is 11.4 Å². The van der Waals surface area contributed by atoms with E-state index >= 15 is 0 Å². The van der Waals surface area contributed by atoms with E-state index in [9.17, 15) is 19.7 Å². The Hall–Kier alpha value is -4.05. The third-order valence-electron chi connectivity index (χ3n) is 4.91. The van der Waals surface area contributed by atoms with Crippen LogP contribution in [-0.2, 0) is 9.59 Å². The highest BCUT2D eigenvalue weighted by Crippen LogP contribution is 2.26. The first kappa shape index (κ1) is 24.1. The number of anilines is 1. The third kappa shape index (κ3) is 5.72. The molecule has 0 aliphatic carbocycles. The summed E-state index contributed by atoms with van der Waals surface area (Å²) in [6.45, 7) is -0.260. The summed E-state index contributed by atoms with van der Waals surface area (Å²) in [4.78, 5) is 40.3. The summed E-state index contributed by atoms with van der Waals surface area (Å²) >= 11 is 12.2. The lowest BCUT2D eigenvalue weighted by molar-refractivity contribution is -0.384. The van der Waals surface area contributed by atoms with Crippen molar-refractivity contribution in [2.75, 3.05) is 11.9 Å². The number of benzene rings is 3. The van der Waals surface area contributed by atoms with E-state index < -0.39 is 16.7 Å². The van der Waals surface area contributed by atoms with Crippen molar-refractivity contribution in [2.24, 2.45) is 4.99 Å². The maximum absolute atomic E-state index is 13.2. The molecular formula is C24H17Cl2N5O4. The summed E-state index contributed by atoms with van der Waals surface area (Å²) in [5.41, 5.74) is 4.44. The van der Waals surface area contributed by atoms with Crippen LogP contribution < -0.4 is 10.7 Å². The molecule has 2 N–H and O–H groups in total. The molecular weight excluding hydrogens is 493 g/mol. The van der Waals surface area contributed by atoms with Gasteiger partial charge in [-0.05, 0) is 35.9 Å². The predicted molar refractivity (Wildman–Crippen MR) is 134 cm³/mol. The highest BCUT2D eigenvalue weighted by molar-refractivity contribution is 6.35. The number of nitrogens with zero attached hydrogens (tertiary/aromatic N) is 3. The number of rotatable bonds is 7. The van der Waals surface area contributed by atoms with Crippen molar-refractivity contribution < 1.29 is 14.5 Å². The van der Waals surface area contributed by atoms with Crippen molar-refractivity contribution in [2.45, 2.75) is 0 Å². The molecule has 11 heteroatoms. The zero-order valence-electron chi connectivity index (χ0n) is 17.9. The molecule has 0 fully saturated rings. The number of amides is 2. The van der Waals surface area contributed by atoms with Crippen LogP contribution in [0, 0.1) is 10.1 Å². The molecule has 1 aliphatic rings. The van der Waals surface area contributed by atoms with Crippen molar-refractivity contribution in [1.82, 2.24) is 10.4 Å². The van der Waals surface area contributed by atoms with E-state index in [0.29, 0.717) is 32.7 Å². The number of carbonyl (C=O) groups is 2. The molecule has 3 aromatic carbocycles. The van der Waals surface area contributed by atoms with E-state index in [-0.39, 0.29) is 17.9 Å². The third-order valence-corrected chi connectivity index (χ3v) is 5.47. The molecule has 0 atom stereocenters. The predicted octanol–water partition coefficient (Wildman–Crippen LogP) is 4.67. The summed E-state index contributed by atoms with van der Waals surface area (Å²) in [5, 5.41) is 15.4. The summed E-state index contributed by atoms with van der Waals surface area (Å²) in [6.07, 6.45) is 1.54. The second-order valence-corrected chi connectivity index (χ2v) is 8.17. The van der Waals surface area contributed by atoms with Gasteiger partial charge in [-0.1, -0.05) is 59.6 Å². The Bertz CT molecular complexity index is 1360. The smallest absolute Gasteiger partial charge is 0.292 e. The molecule has 4 rings (SSSR count). The lowest BCUT2D eigenvalue weighted by Crippen LogP contribution is -2.47. The fourth-order valence-electron chi connectivity index (χ4n) is 3.23. The van der Waals surface area contributed by atoms with Crippen LogP contribution in [0.25, 0.3) is 6.08 Å². The molecule has 0 bridgehead atoms. The number of non-ortho nitro benzene ring substituents is 1. The van der Waals surface area contributed by atoms with Gasteiger partial charge in [0, 0.05) is 33.4 Å². The molecule has 1 aliphatic heterocycles. The molecule has 3 aromatic rings. The average Bonchev–Trinajstić information content (AvgIpc) is 3.15. The first-order valence-corrected chi connectivity index (χ1v) is 11.0. The molecule has 0 radical (unpaired) electrons. The van der Waals surface area contributed by atoms with Gasteiger partial charge in [-0.15, -0.1) is 0 Å². The Morgan fingerprint density at radius 2 is 1.77 bits per heavy atom. The minimum Gasteiger partial charge on any atom is -0.325 e. The molecule has 1 heterocycles. The largest absolute Gasteiger partial charge is 0.325 e. The Morgan fingerprint density at radius 1 is 1.06 bits per heavy atom. The van der Waals surface area contributed by atoms with Gasteiger partial charge in [-0.2, -0.15) is 0 Å². The number of hydrogen-bond acceptors (Lipinski definition) is 6. The SMILES string of the molecule is O=C(CNN1C(=O)/C(=C/c2ccc(Cl)cc2Cl)N=C1c1ccccc1)Nc1ccc([N+](=O)[O-])cc1. The zero-order chi connectivity index (χ0) is 24.9. The Labute approximate surface area is 209 Å². The van der Waals surface area contributed by atoms with Crippen molar-refractivity contribution in [3.8, 4) is 0 Å². The van der Waals surface area contributed by atoms with Crippen LogP contribution in [0.15, 0.2) is 83.5 Å². The van der Waals surface area contributed by atoms with Crippen molar-refractivity contribution >= 4 is 58.3 Å². The van der Waals surface area contributed by atoms with Crippen LogP contribution in [-0.4, -0.2) is 34.1 Å². The van der Waals surface area contributed by atoms with Crippen molar-refractivity contribution in [1.29, 1.82) is 0 Å². The van der Waals surface area contributed by atoms with Gasteiger partial charge in [-0.25, -0.2) is 15.4 Å². The molecule has 0 saturated carbocycles. The van der Waals surface area contributed by atoms with E-state index in [1.165, 1.54) is 29.3 Å². The molecule has 176 valence electrons. The van der Waals surface area contributed by atoms with E-state index in [0.717, 1.165) is 0 Å². The van der Waals surface area contributed by atoms with Gasteiger partial charge in [0.15, 0.2) is 5.84 Å². The van der Waals surface area contributed by atoms with Crippen molar-refractivity contribution in [3.63, 3.8) is 0 Å². The number of halogens is 2. The summed E-state index contributed by atoms with van der Waals surface area (Å²) < 4.78 is 0. The van der Waals surface area contributed by atoms with Gasteiger partial charge >= 0.3 is 0 Å². The van der Waals surface area contributed by atoms with Crippen molar-refractivity contribution in [3.05, 3.63) is 110 Å². The first-order valence-electron chi connectivity index (χ1n) is 10.2. The number of hydrogen-bond donors (Lipinski definition) is 2. The number of amidine groups is 1. The molecule has 2 amide bonds. The first-order chi connectivity index (χ1) is 16.8. The maximum Gasteiger partial charge on any atom is 0.292 e. The monoisotopic (exact) mass is 509 g/mol. The van der Waals surface area contributed by atoms with Crippen LogP contribution in [0.5, 0.6) is 0 Å². The van der Waals surface area contributed by atoms with Crippen LogP contribution in [0.3, 0.4) is 0 Å². The topological polar surface area (TPSA) is 117 Å². The van der Waals surface area contributed by atoms with Gasteiger partial charge in [-0.3, -0.25) is 19.7 Å². The lowest BCUT2D eigenvalue weighted by atomic mass is 10.2. The molecule has 0 aromatic heterocycles. The highest BCUT2D eigenvalue weighted by Gasteiger charge is 2.31. The van der Waals surface area contributed by atoms with Gasteiger partial charge < -0.3 is 5.32 Å². The Morgan fingerprint density at radius 3 is 2.43 bits per heavy atom. The number of carbonyl (C=O) groups excluding carboxylic acids is 2. The van der Waals surface area contributed by atoms with E-state index in [4.69, 9.17) is 23.2 Å². The second-order valence-electron chi connectivity index (χ2n) is 7.32. The molecule has 0 unspecified atom stereocenters. The molecule has 0 saturated heterocycles. The molecule has 9 nitrogen and oxygen atoms in total. The number of aliphatic imine (C=N–C) groups is 1. The number of nitrogens with one attached hydrogen (secondary N) is 2. The molecule has 35 heavy (non-hydrogen) atoms. The minimum absolute atomic E-state index is 0.0902. The van der Waals surface area contributed by atoms with Gasteiger partial charge in [0.25, 0.3) is 11.6 Å². The van der Waals surface area contributed by atoms with Gasteiger partial charge in [0.1, 0.15) is 5.70 Å². The van der Waals surface area contributed by atoms with Gasteiger partial charge in [0.05, 0.1) is 11.5 Å². The van der Waals surface area contributed by atoms with Gasteiger partial charge in [0.2, 0.25) is 5.91 Å². The van der Waals surface area contributed by atoms with E-state index in [2.05, 4.69) is 15.7 Å². The molecule has 0 spiro atoms. The average molecular weight is 510 g/mol. The van der Waals surface area contributed by atoms with E-state index in [1.54, 1.807) is 48.5 Å². The number of hydrazine groups is 1. The fraction of sp³-hybridized carbons (Fsp3) is 0.0417. The maximum atomic E-state index is 13.2. The quantitative estimate of drug-likeness (QED) is 0.272. The van der Waals surface area contributed by atoms with Crippen LogP contribution in [0.2, 0.25) is 10.0 Å². The van der Waals surface area contributed by atoms with Crippen LogP contribution in [0.1, 0.15) is 11.1 Å². The normalized spacial score (nSPS) is 14.2. The fourth-order valence-corrected chi connectivity index (χ4v) is 3.70. The zero-order valence-corrected chi connectivity index (χ0v) is 19.5. The summed E-state index contributed by atoms with van der Waals surface area (Å²) in [5.74, 6) is -0.620.